The van der Waals surface area contributed by atoms with Crippen molar-refractivity contribution in [3.05, 3.63) is 18.7 Å². The van der Waals surface area contributed by atoms with Crippen molar-refractivity contribution in [1.82, 2.24) is 9.55 Å². The van der Waals surface area contributed by atoms with Gasteiger partial charge in [-0.1, -0.05) is 0 Å². The number of hydrogen-bond acceptors (Lipinski definition) is 3. The first-order chi connectivity index (χ1) is 3.80. The molecular formula is C4H6N2O2. The Morgan fingerprint density at radius 3 is 2.50 bits per heavy atom. The third-order valence-corrected chi connectivity index (χ3v) is 0.792. The van der Waals surface area contributed by atoms with E-state index in [-0.39, 0.29) is 0 Å². The molecule has 8 heavy (non-hydrogen) atoms. The molecule has 0 aliphatic rings. The molecule has 0 spiro atoms. The van der Waals surface area contributed by atoms with Crippen LogP contribution in [-0.4, -0.2) is 19.8 Å². The van der Waals surface area contributed by atoms with Crippen LogP contribution in [0.2, 0.25) is 0 Å². The summed E-state index contributed by atoms with van der Waals surface area (Å²) in [6, 6.07) is 0. The second-order valence-corrected chi connectivity index (χ2v) is 1.36. The maximum Gasteiger partial charge on any atom is 0.240 e. The fourth-order valence-corrected chi connectivity index (χ4v) is 0.406. The second kappa shape index (κ2) is 1.94. The van der Waals surface area contributed by atoms with Gasteiger partial charge in [-0.15, -0.1) is 0 Å². The predicted molar refractivity (Wildman–Crippen MR) is 25.7 cm³/mol. The Labute approximate surface area is 46.0 Å². The van der Waals surface area contributed by atoms with Crippen molar-refractivity contribution in [3.63, 3.8) is 0 Å². The average molecular weight is 114 g/mol. The number of hydrogen-bond donors (Lipinski definition) is 2. The number of imidazole rings is 1. The number of aromatic nitrogens is 2. The second-order valence-electron chi connectivity index (χ2n) is 1.36. The van der Waals surface area contributed by atoms with Crippen molar-refractivity contribution in [2.45, 2.75) is 6.41 Å². The molecule has 1 aromatic rings. The van der Waals surface area contributed by atoms with Crippen molar-refractivity contribution in [3.8, 4) is 0 Å². The van der Waals surface area contributed by atoms with Crippen molar-refractivity contribution in [2.75, 3.05) is 0 Å². The summed E-state index contributed by atoms with van der Waals surface area (Å²) in [6.07, 6.45) is 2.80. The fraction of sp³-hybridized carbons (Fsp3) is 0.250. The molecule has 4 nitrogen and oxygen atoms in total. The summed E-state index contributed by atoms with van der Waals surface area (Å²) in [5.41, 5.74) is 0. The third-order valence-electron chi connectivity index (χ3n) is 0.792. The molecule has 0 aliphatic heterocycles. The summed E-state index contributed by atoms with van der Waals surface area (Å²) in [4.78, 5) is 3.59. The molecule has 0 aliphatic carbocycles. The first-order valence-electron chi connectivity index (χ1n) is 2.14. The molecule has 0 unspecified atom stereocenters. The van der Waals surface area contributed by atoms with Gasteiger partial charge < -0.3 is 10.2 Å². The van der Waals surface area contributed by atoms with Crippen LogP contribution in [0.3, 0.4) is 0 Å². The molecule has 0 fully saturated rings. The molecule has 1 heterocycles. The van der Waals surface area contributed by atoms with Gasteiger partial charge in [-0.05, 0) is 0 Å². The molecule has 4 heteroatoms. The van der Waals surface area contributed by atoms with E-state index >= 15 is 0 Å². The Bertz CT molecular complexity index is 147. The van der Waals surface area contributed by atoms with Gasteiger partial charge in [0.05, 0.1) is 6.33 Å². The summed E-state index contributed by atoms with van der Waals surface area (Å²) >= 11 is 0. The van der Waals surface area contributed by atoms with Gasteiger partial charge in [0.15, 0.2) is 0 Å². The van der Waals surface area contributed by atoms with Crippen LogP contribution in [0.1, 0.15) is 6.41 Å². The van der Waals surface area contributed by atoms with Gasteiger partial charge in [0.25, 0.3) is 0 Å². The SMILES string of the molecule is OC(O)n1ccnc1. The molecule has 0 saturated carbocycles. The number of nitrogens with zero attached hydrogens (tertiary/aromatic N) is 2. The van der Waals surface area contributed by atoms with E-state index in [4.69, 9.17) is 10.2 Å². The number of rotatable bonds is 1. The quantitative estimate of drug-likeness (QED) is 0.476. The van der Waals surface area contributed by atoms with E-state index in [1.54, 1.807) is 0 Å². The zero-order valence-electron chi connectivity index (χ0n) is 4.10. The van der Waals surface area contributed by atoms with Crippen LogP contribution >= 0.6 is 0 Å². The fourth-order valence-electron chi connectivity index (χ4n) is 0.406. The van der Waals surface area contributed by atoms with Crippen LogP contribution in [0, 0.1) is 0 Å². The maximum atomic E-state index is 8.39. The highest BCUT2D eigenvalue weighted by Crippen LogP contribution is 1.92. The summed E-state index contributed by atoms with van der Waals surface area (Å²) in [7, 11) is 0. The summed E-state index contributed by atoms with van der Waals surface area (Å²) in [5, 5.41) is 16.8. The van der Waals surface area contributed by atoms with E-state index in [9.17, 15) is 0 Å². The largest absolute Gasteiger partial charge is 0.351 e. The number of aliphatic hydroxyl groups is 2. The Hall–Kier alpha value is -0.870. The lowest BCUT2D eigenvalue weighted by Gasteiger charge is -2.00. The van der Waals surface area contributed by atoms with Crippen molar-refractivity contribution < 1.29 is 10.2 Å². The Morgan fingerprint density at radius 1 is 1.50 bits per heavy atom. The lowest BCUT2D eigenvalue weighted by atomic mass is 10.9. The lowest BCUT2D eigenvalue weighted by Crippen LogP contribution is -2.02. The van der Waals surface area contributed by atoms with E-state index < -0.39 is 6.41 Å². The maximum absolute atomic E-state index is 8.39. The van der Waals surface area contributed by atoms with Gasteiger partial charge in [-0.3, -0.25) is 4.57 Å². The molecule has 0 amide bonds. The van der Waals surface area contributed by atoms with Crippen LogP contribution in [0.4, 0.5) is 0 Å². The van der Waals surface area contributed by atoms with Crippen LogP contribution in [-0.2, 0) is 0 Å². The van der Waals surface area contributed by atoms with Gasteiger partial charge in [-0.25, -0.2) is 4.98 Å². The zero-order valence-corrected chi connectivity index (χ0v) is 4.10. The van der Waals surface area contributed by atoms with Gasteiger partial charge in [-0.2, -0.15) is 0 Å². The normalized spacial score (nSPS) is 10.4. The van der Waals surface area contributed by atoms with Gasteiger partial charge >= 0.3 is 0 Å². The minimum Gasteiger partial charge on any atom is -0.351 e. The molecule has 0 bridgehead atoms. The van der Waals surface area contributed by atoms with Crippen molar-refractivity contribution in [2.24, 2.45) is 0 Å². The average Bonchev–Trinajstić information content (AvgIpc) is 2.12. The van der Waals surface area contributed by atoms with Gasteiger partial charge in [0.2, 0.25) is 6.41 Å². The van der Waals surface area contributed by atoms with E-state index in [0.29, 0.717) is 0 Å². The molecule has 2 N–H and O–H groups in total. The predicted octanol–water partition coefficient (Wildman–Crippen LogP) is -0.676. The first-order valence-corrected chi connectivity index (χ1v) is 2.14. The van der Waals surface area contributed by atoms with Crippen molar-refractivity contribution >= 4 is 0 Å². The standard InChI is InChI=1S/C4H6N2O2/c7-4(8)6-2-1-5-3-6/h1-4,7-8H. The van der Waals surface area contributed by atoms with E-state index in [2.05, 4.69) is 4.98 Å². The monoisotopic (exact) mass is 114 g/mol. The summed E-state index contributed by atoms with van der Waals surface area (Å²) in [6.45, 7) is 0. The highest BCUT2D eigenvalue weighted by Gasteiger charge is 1.94. The zero-order chi connectivity index (χ0) is 5.98. The Morgan fingerprint density at radius 2 is 2.25 bits per heavy atom. The molecule has 44 valence electrons. The molecule has 0 atom stereocenters. The van der Waals surface area contributed by atoms with Gasteiger partial charge in [0, 0.05) is 12.4 Å². The molecule has 0 radical (unpaired) electrons. The number of aliphatic hydroxyl groups excluding tert-OH is 1. The van der Waals surface area contributed by atoms with E-state index in [1.807, 2.05) is 0 Å². The smallest absolute Gasteiger partial charge is 0.240 e. The topological polar surface area (TPSA) is 58.3 Å². The minimum absolute atomic E-state index is 1.17. The molecule has 0 saturated heterocycles. The van der Waals surface area contributed by atoms with Crippen LogP contribution in [0.5, 0.6) is 0 Å². The van der Waals surface area contributed by atoms with Crippen molar-refractivity contribution in [1.29, 1.82) is 0 Å². The Kier molecular flexibility index (Phi) is 1.27. The minimum atomic E-state index is -1.46. The highest BCUT2D eigenvalue weighted by molar-refractivity contribution is 4.73. The molecule has 1 rings (SSSR count). The molecule has 1 aromatic heterocycles. The third kappa shape index (κ3) is 0.853. The summed E-state index contributed by atoms with van der Waals surface area (Å²) in [5.74, 6) is 0. The Balaban J connectivity index is 2.77. The lowest BCUT2D eigenvalue weighted by molar-refractivity contribution is -0.102. The molecular weight excluding hydrogens is 108 g/mol. The first kappa shape index (κ1) is 5.27. The van der Waals surface area contributed by atoms with E-state index in [0.717, 1.165) is 0 Å². The van der Waals surface area contributed by atoms with Crippen LogP contribution < -0.4 is 0 Å². The molecule has 0 aromatic carbocycles. The van der Waals surface area contributed by atoms with Crippen LogP contribution in [0.15, 0.2) is 18.7 Å². The van der Waals surface area contributed by atoms with Crippen LogP contribution in [0.25, 0.3) is 0 Å². The van der Waals surface area contributed by atoms with Gasteiger partial charge in [0.1, 0.15) is 0 Å². The highest BCUT2D eigenvalue weighted by atomic mass is 16.5. The summed E-state index contributed by atoms with van der Waals surface area (Å²) < 4.78 is 1.17. The van der Waals surface area contributed by atoms with E-state index in [1.165, 1.54) is 23.3 Å².